The van der Waals surface area contributed by atoms with Crippen molar-refractivity contribution >= 4 is 32.6 Å². The molecule has 5 aromatic rings. The van der Waals surface area contributed by atoms with Crippen molar-refractivity contribution in [3.8, 4) is 11.3 Å². The van der Waals surface area contributed by atoms with Gasteiger partial charge in [-0.15, -0.1) is 0 Å². The predicted molar refractivity (Wildman–Crippen MR) is 135 cm³/mol. The largest absolute Gasteiger partial charge is 0.338 e. The average molecular weight is 420 g/mol. The van der Waals surface area contributed by atoms with E-state index in [-0.39, 0.29) is 0 Å². The molecule has 0 spiro atoms. The van der Waals surface area contributed by atoms with Crippen LogP contribution in [0, 0.1) is 6.92 Å². The lowest BCUT2D eigenvalue weighted by Crippen LogP contribution is -2.31. The van der Waals surface area contributed by atoms with E-state index in [4.69, 9.17) is 0 Å². The molecular formula is C30H31N2+. The lowest BCUT2D eigenvalue weighted by molar-refractivity contribution is -0.659. The highest BCUT2D eigenvalue weighted by Gasteiger charge is 2.23. The van der Waals surface area contributed by atoms with Gasteiger partial charge < -0.3 is 4.57 Å². The van der Waals surface area contributed by atoms with Crippen LogP contribution in [0.4, 0.5) is 0 Å². The van der Waals surface area contributed by atoms with Gasteiger partial charge in [0.1, 0.15) is 12.6 Å². The van der Waals surface area contributed by atoms with Gasteiger partial charge in [-0.05, 0) is 48.3 Å². The van der Waals surface area contributed by atoms with Gasteiger partial charge >= 0.3 is 0 Å². The van der Waals surface area contributed by atoms with Crippen LogP contribution in [-0.4, -0.2) is 4.57 Å². The lowest BCUT2D eigenvalue weighted by Gasteiger charge is -2.22. The second-order valence-electron chi connectivity index (χ2n) is 9.69. The highest BCUT2D eigenvalue weighted by molar-refractivity contribution is 6.19. The monoisotopic (exact) mass is 419 g/mol. The Hall–Kier alpha value is -3.13. The van der Waals surface area contributed by atoms with Crippen molar-refractivity contribution in [2.24, 2.45) is 14.1 Å². The van der Waals surface area contributed by atoms with Gasteiger partial charge in [-0.1, -0.05) is 67.8 Å². The first-order valence-electron chi connectivity index (χ1n) is 12.0. The molecule has 1 saturated carbocycles. The van der Waals surface area contributed by atoms with Crippen LogP contribution in [-0.2, 0) is 14.1 Å². The van der Waals surface area contributed by atoms with E-state index in [1.807, 2.05) is 0 Å². The van der Waals surface area contributed by atoms with Crippen LogP contribution in [0.5, 0.6) is 0 Å². The van der Waals surface area contributed by atoms with Gasteiger partial charge in [-0.3, -0.25) is 0 Å². The topological polar surface area (TPSA) is 8.81 Å². The third-order valence-electron chi connectivity index (χ3n) is 7.75. The summed E-state index contributed by atoms with van der Waals surface area (Å²) in [4.78, 5) is 0. The van der Waals surface area contributed by atoms with Crippen LogP contribution in [0.25, 0.3) is 43.8 Å². The molecular weight excluding hydrogens is 388 g/mol. The zero-order valence-electron chi connectivity index (χ0n) is 19.4. The molecule has 0 bridgehead atoms. The van der Waals surface area contributed by atoms with Crippen LogP contribution in [0.15, 0.2) is 66.9 Å². The molecule has 32 heavy (non-hydrogen) atoms. The van der Waals surface area contributed by atoms with E-state index in [1.165, 1.54) is 87.1 Å². The zero-order valence-corrected chi connectivity index (χ0v) is 19.4. The Balaban J connectivity index is 1.64. The SMILES string of the molecule is Cc1ccccc1-c1c2c(cc[n+]1C)c1ccc3cc(C4CCCCC4)ccc3c1n2C. The molecule has 0 amide bonds. The molecule has 0 radical (unpaired) electrons. The summed E-state index contributed by atoms with van der Waals surface area (Å²) < 4.78 is 4.70. The maximum absolute atomic E-state index is 2.46. The van der Waals surface area contributed by atoms with E-state index in [0.717, 1.165) is 5.92 Å². The summed E-state index contributed by atoms with van der Waals surface area (Å²) in [5, 5.41) is 5.40. The van der Waals surface area contributed by atoms with Crippen LogP contribution in [0.3, 0.4) is 0 Å². The molecule has 0 N–H and O–H groups in total. The molecule has 3 aromatic carbocycles. The molecule has 0 unspecified atom stereocenters. The van der Waals surface area contributed by atoms with Crippen molar-refractivity contribution in [2.45, 2.75) is 44.9 Å². The van der Waals surface area contributed by atoms with Crippen LogP contribution < -0.4 is 4.57 Å². The van der Waals surface area contributed by atoms with Crippen molar-refractivity contribution < 1.29 is 4.57 Å². The Morgan fingerprint density at radius 1 is 0.812 bits per heavy atom. The van der Waals surface area contributed by atoms with Gasteiger partial charge in [0.25, 0.3) is 0 Å². The van der Waals surface area contributed by atoms with Crippen molar-refractivity contribution in [3.63, 3.8) is 0 Å². The van der Waals surface area contributed by atoms with Gasteiger partial charge in [0.15, 0.2) is 6.20 Å². The van der Waals surface area contributed by atoms with Crippen LogP contribution in [0.2, 0.25) is 0 Å². The first-order valence-corrected chi connectivity index (χ1v) is 12.0. The highest BCUT2D eigenvalue weighted by Crippen LogP contribution is 2.39. The maximum atomic E-state index is 2.46. The van der Waals surface area contributed by atoms with Crippen molar-refractivity contribution in [1.82, 2.24) is 4.57 Å². The number of pyridine rings is 1. The van der Waals surface area contributed by atoms with Crippen LogP contribution >= 0.6 is 0 Å². The minimum absolute atomic E-state index is 0.739. The number of hydrogen-bond acceptors (Lipinski definition) is 0. The molecule has 1 aliphatic rings. The third kappa shape index (κ3) is 2.89. The number of aromatic nitrogens is 2. The fraction of sp³-hybridized carbons (Fsp3) is 0.300. The molecule has 0 aliphatic heterocycles. The summed E-state index contributed by atoms with van der Waals surface area (Å²) in [6.07, 6.45) is 9.06. The summed E-state index contributed by atoms with van der Waals surface area (Å²) in [5.74, 6) is 0.739. The summed E-state index contributed by atoms with van der Waals surface area (Å²) in [5.41, 5.74) is 8.07. The fourth-order valence-corrected chi connectivity index (χ4v) is 6.06. The number of nitrogens with zero attached hydrogens (tertiary/aromatic N) is 2. The molecule has 2 nitrogen and oxygen atoms in total. The van der Waals surface area contributed by atoms with Gasteiger partial charge in [0.2, 0.25) is 5.69 Å². The summed E-state index contributed by atoms with van der Waals surface area (Å²) in [6, 6.07) is 22.9. The molecule has 2 aromatic heterocycles. The van der Waals surface area contributed by atoms with Crippen LogP contribution in [0.1, 0.15) is 49.1 Å². The molecule has 0 atom stereocenters. The lowest BCUT2D eigenvalue weighted by atomic mass is 9.83. The summed E-state index contributed by atoms with van der Waals surface area (Å²) >= 11 is 0. The molecule has 1 fully saturated rings. The van der Waals surface area contributed by atoms with Gasteiger partial charge in [-0.25, -0.2) is 0 Å². The fourth-order valence-electron chi connectivity index (χ4n) is 6.06. The second-order valence-corrected chi connectivity index (χ2v) is 9.69. The third-order valence-corrected chi connectivity index (χ3v) is 7.75. The minimum atomic E-state index is 0.739. The predicted octanol–water partition coefficient (Wildman–Crippen LogP) is 7.33. The minimum Gasteiger partial charge on any atom is -0.338 e. The number of fused-ring (bicyclic) bond motifs is 5. The van der Waals surface area contributed by atoms with Gasteiger partial charge in [-0.2, -0.15) is 4.57 Å². The number of rotatable bonds is 2. The van der Waals surface area contributed by atoms with Crippen molar-refractivity contribution in [1.29, 1.82) is 0 Å². The first-order chi connectivity index (χ1) is 15.6. The Morgan fingerprint density at radius 2 is 1.56 bits per heavy atom. The molecule has 160 valence electrons. The average Bonchev–Trinajstić information content (AvgIpc) is 3.12. The van der Waals surface area contributed by atoms with E-state index in [9.17, 15) is 0 Å². The summed E-state index contributed by atoms with van der Waals surface area (Å²) in [6.45, 7) is 2.21. The van der Waals surface area contributed by atoms with Crippen molar-refractivity contribution in [2.75, 3.05) is 0 Å². The first kappa shape index (κ1) is 19.5. The molecule has 1 aliphatic carbocycles. The van der Waals surface area contributed by atoms with Crippen molar-refractivity contribution in [3.05, 3.63) is 78.0 Å². The Bertz CT molecular complexity index is 1480. The second kappa shape index (κ2) is 7.48. The van der Waals surface area contributed by atoms with E-state index >= 15 is 0 Å². The number of aryl methyl sites for hydroxylation is 3. The Kier molecular flexibility index (Phi) is 4.57. The summed E-state index contributed by atoms with van der Waals surface area (Å²) in [7, 11) is 4.40. The smallest absolute Gasteiger partial charge is 0.237 e. The molecule has 2 heteroatoms. The van der Waals surface area contributed by atoms with E-state index in [1.54, 1.807) is 0 Å². The standard InChI is InChI=1S/C30H31N2/c1-20-9-7-8-12-24(20)29-30-27(17-18-31(29)2)26-16-14-23-19-22(21-10-5-4-6-11-21)13-15-25(23)28(26)32(30)3/h7-9,12-19,21H,4-6,10-11H2,1-3H3/q+1. The molecule has 0 saturated heterocycles. The van der Waals surface area contributed by atoms with E-state index in [2.05, 4.69) is 97.0 Å². The van der Waals surface area contributed by atoms with E-state index < -0.39 is 0 Å². The van der Waals surface area contributed by atoms with E-state index in [0.29, 0.717) is 0 Å². The molecule has 2 heterocycles. The zero-order chi connectivity index (χ0) is 21.8. The Morgan fingerprint density at radius 3 is 2.38 bits per heavy atom. The van der Waals surface area contributed by atoms with Gasteiger partial charge in [0.05, 0.1) is 11.1 Å². The molecule has 6 rings (SSSR count). The maximum Gasteiger partial charge on any atom is 0.237 e. The normalized spacial score (nSPS) is 15.2. The highest BCUT2D eigenvalue weighted by atomic mass is 15.0. The number of benzene rings is 3. The van der Waals surface area contributed by atoms with Gasteiger partial charge in [0, 0.05) is 29.3 Å². The quantitative estimate of drug-likeness (QED) is 0.265. The number of hydrogen-bond donors (Lipinski definition) is 0. The Labute approximate surface area is 190 Å².